The van der Waals surface area contributed by atoms with Gasteiger partial charge in [-0.05, 0) is 115 Å². The fourth-order valence-corrected chi connectivity index (χ4v) is 8.24. The number of amides is 4. The lowest BCUT2D eigenvalue weighted by atomic mass is 9.70. The maximum Gasteiger partial charge on any atom is 0.266 e. The van der Waals surface area contributed by atoms with Gasteiger partial charge < -0.3 is 9.47 Å². The van der Waals surface area contributed by atoms with Crippen LogP contribution in [0.1, 0.15) is 140 Å². The van der Waals surface area contributed by atoms with Gasteiger partial charge in [0.2, 0.25) is 0 Å². The molecule has 294 valence electrons. The first-order chi connectivity index (χ1) is 27.2. The Labute approximate surface area is 336 Å². The predicted octanol–water partition coefficient (Wildman–Crippen LogP) is 11.7. The van der Waals surface area contributed by atoms with Crippen LogP contribution >= 0.6 is 0 Å². The van der Waals surface area contributed by atoms with Crippen molar-refractivity contribution in [2.24, 2.45) is 11.3 Å². The number of benzene rings is 4. The molecule has 57 heavy (non-hydrogen) atoms. The van der Waals surface area contributed by atoms with Crippen LogP contribution < -0.4 is 9.47 Å². The molecule has 1 atom stereocenters. The standard InChI is InChI=1S/C49H52N2O6/c1-9-48(7,10-2)33-13-19-34(20-14-33)50-43(52)39-27-25-37(29-41(39)44(50)53)56-35-21-15-31(16-22-35)47(5,6)32-17-23-36(24-18-32)57-38-26-28-40-42(30-38)46(55)51(45(40)54)49(8,11-3)12-4/h13,15-30,33H,9-12,14H2,1-8H3. The molecule has 0 aromatic heterocycles. The third-order valence-corrected chi connectivity index (χ3v) is 13.3. The summed E-state index contributed by atoms with van der Waals surface area (Å²) in [6, 6.07) is 25.8. The van der Waals surface area contributed by atoms with Gasteiger partial charge in [0.15, 0.2) is 0 Å². The Morgan fingerprint density at radius 1 is 0.561 bits per heavy atom. The number of rotatable bonds is 13. The van der Waals surface area contributed by atoms with Gasteiger partial charge in [0.05, 0.1) is 22.3 Å². The van der Waals surface area contributed by atoms with E-state index in [0.717, 1.165) is 30.4 Å². The molecule has 4 amide bonds. The Kier molecular flexibility index (Phi) is 10.4. The van der Waals surface area contributed by atoms with Gasteiger partial charge in [-0.2, -0.15) is 0 Å². The lowest BCUT2D eigenvalue weighted by Gasteiger charge is -2.36. The molecule has 4 aromatic carbocycles. The second kappa shape index (κ2) is 15.0. The molecule has 1 aliphatic carbocycles. The van der Waals surface area contributed by atoms with Crippen LogP contribution in [0.25, 0.3) is 0 Å². The molecule has 0 saturated heterocycles. The largest absolute Gasteiger partial charge is 0.457 e. The Morgan fingerprint density at radius 3 is 1.46 bits per heavy atom. The van der Waals surface area contributed by atoms with Crippen LogP contribution in [0.4, 0.5) is 0 Å². The SMILES string of the molecule is CCC(C)(CC)C1C=CC(N2C(=O)c3ccc(Oc4ccc(C(C)(C)c5ccc(Oc6ccc7c(c6)C(=O)N(C(C)(CC)CC)C7=O)cc5)cc4)cc3C2=O)=CC1. The Bertz CT molecular complexity index is 2310. The van der Waals surface area contributed by atoms with E-state index in [2.05, 4.69) is 40.7 Å². The molecule has 0 spiro atoms. The summed E-state index contributed by atoms with van der Waals surface area (Å²) in [6.45, 7) is 16.9. The molecule has 7 rings (SSSR count). The minimum Gasteiger partial charge on any atom is -0.457 e. The molecule has 0 fully saturated rings. The number of carbonyl (C=O) groups is 4. The van der Waals surface area contributed by atoms with Crippen molar-refractivity contribution in [1.29, 1.82) is 0 Å². The van der Waals surface area contributed by atoms with Gasteiger partial charge in [-0.25, -0.2) is 4.90 Å². The highest BCUT2D eigenvalue weighted by Crippen LogP contribution is 2.42. The molecule has 2 heterocycles. The van der Waals surface area contributed by atoms with Crippen molar-refractivity contribution in [3.63, 3.8) is 0 Å². The van der Waals surface area contributed by atoms with Gasteiger partial charge >= 0.3 is 0 Å². The van der Waals surface area contributed by atoms with Crippen LogP contribution in [-0.4, -0.2) is 39.0 Å². The Balaban J connectivity index is 0.999. The summed E-state index contributed by atoms with van der Waals surface area (Å²) >= 11 is 0. The topological polar surface area (TPSA) is 93.2 Å². The number of carbonyl (C=O) groups excluding carboxylic acids is 4. The summed E-state index contributed by atoms with van der Waals surface area (Å²) in [4.78, 5) is 56.2. The van der Waals surface area contributed by atoms with Crippen molar-refractivity contribution in [3.05, 3.63) is 142 Å². The van der Waals surface area contributed by atoms with Crippen LogP contribution in [0.5, 0.6) is 23.0 Å². The van der Waals surface area contributed by atoms with E-state index in [1.54, 1.807) is 36.4 Å². The molecule has 0 radical (unpaired) electrons. The van der Waals surface area contributed by atoms with Gasteiger partial charge in [-0.1, -0.05) is 97.7 Å². The number of fused-ring (bicyclic) bond motifs is 2. The molecule has 0 saturated carbocycles. The minimum atomic E-state index is -0.541. The fraction of sp³-hybridized carbons (Fsp3) is 0.347. The normalized spacial score (nSPS) is 16.9. The fourth-order valence-electron chi connectivity index (χ4n) is 8.24. The van der Waals surface area contributed by atoms with Crippen molar-refractivity contribution >= 4 is 23.6 Å². The average Bonchev–Trinajstić information content (AvgIpc) is 3.63. The van der Waals surface area contributed by atoms with E-state index in [0.29, 0.717) is 69.7 Å². The first-order valence-electron chi connectivity index (χ1n) is 20.2. The van der Waals surface area contributed by atoms with Crippen molar-refractivity contribution in [2.45, 2.75) is 98.4 Å². The maximum atomic E-state index is 13.6. The zero-order valence-corrected chi connectivity index (χ0v) is 34.3. The van der Waals surface area contributed by atoms with Crippen LogP contribution in [-0.2, 0) is 5.41 Å². The Hall–Kier alpha value is -5.76. The first kappa shape index (κ1) is 39.5. The van der Waals surface area contributed by atoms with Crippen LogP contribution in [0.2, 0.25) is 0 Å². The quantitative estimate of drug-likeness (QED) is 0.126. The zero-order chi connectivity index (χ0) is 40.9. The summed E-state index contributed by atoms with van der Waals surface area (Å²) in [5, 5.41) is 0. The van der Waals surface area contributed by atoms with Crippen LogP contribution in [0.15, 0.2) is 109 Å². The van der Waals surface area contributed by atoms with Crippen LogP contribution in [0, 0.1) is 11.3 Å². The highest BCUT2D eigenvalue weighted by Gasteiger charge is 2.45. The third-order valence-electron chi connectivity index (χ3n) is 13.3. The number of imide groups is 2. The van der Waals surface area contributed by atoms with Crippen molar-refractivity contribution in [1.82, 2.24) is 9.80 Å². The smallest absolute Gasteiger partial charge is 0.266 e. The molecular formula is C49H52N2O6. The van der Waals surface area contributed by atoms with Crippen molar-refractivity contribution < 1.29 is 28.7 Å². The third kappa shape index (κ3) is 6.89. The zero-order valence-electron chi connectivity index (χ0n) is 34.3. The van der Waals surface area contributed by atoms with E-state index in [4.69, 9.17) is 9.47 Å². The summed E-state index contributed by atoms with van der Waals surface area (Å²) in [5.74, 6) is 1.37. The van der Waals surface area contributed by atoms with Gasteiger partial charge in [0.25, 0.3) is 23.6 Å². The molecule has 8 nitrogen and oxygen atoms in total. The Morgan fingerprint density at radius 2 is 1.00 bits per heavy atom. The lowest BCUT2D eigenvalue weighted by Crippen LogP contribution is -2.48. The van der Waals surface area contributed by atoms with Gasteiger partial charge in [-0.3, -0.25) is 24.1 Å². The number of ether oxygens (including phenoxy) is 2. The van der Waals surface area contributed by atoms with Crippen molar-refractivity contribution in [2.75, 3.05) is 0 Å². The molecule has 4 aromatic rings. The number of hydrogen-bond donors (Lipinski definition) is 0. The van der Waals surface area contributed by atoms with E-state index in [1.807, 2.05) is 81.5 Å². The molecule has 1 unspecified atom stereocenters. The number of allylic oxidation sites excluding steroid dienone is 3. The summed E-state index contributed by atoms with van der Waals surface area (Å²) in [7, 11) is 0. The van der Waals surface area contributed by atoms with Gasteiger partial charge in [-0.15, -0.1) is 0 Å². The molecular weight excluding hydrogens is 713 g/mol. The predicted molar refractivity (Wildman–Crippen MR) is 222 cm³/mol. The number of hydrogen-bond acceptors (Lipinski definition) is 6. The van der Waals surface area contributed by atoms with E-state index in [-0.39, 0.29) is 34.5 Å². The summed E-state index contributed by atoms with van der Waals surface area (Å²) in [5.41, 5.74) is 3.54. The highest BCUT2D eigenvalue weighted by atomic mass is 16.5. The van der Waals surface area contributed by atoms with Gasteiger partial charge in [0, 0.05) is 16.7 Å². The molecule has 0 bridgehead atoms. The van der Waals surface area contributed by atoms with E-state index < -0.39 is 5.54 Å². The lowest BCUT2D eigenvalue weighted by molar-refractivity contribution is 0.0433. The van der Waals surface area contributed by atoms with Crippen molar-refractivity contribution in [3.8, 4) is 23.0 Å². The average molecular weight is 765 g/mol. The summed E-state index contributed by atoms with van der Waals surface area (Å²) in [6.07, 6.45) is 10.4. The molecule has 0 N–H and O–H groups in total. The van der Waals surface area contributed by atoms with E-state index in [1.165, 1.54) is 9.80 Å². The van der Waals surface area contributed by atoms with Gasteiger partial charge in [0.1, 0.15) is 23.0 Å². The van der Waals surface area contributed by atoms with E-state index >= 15 is 0 Å². The van der Waals surface area contributed by atoms with E-state index in [9.17, 15) is 19.2 Å². The number of nitrogens with zero attached hydrogens (tertiary/aromatic N) is 2. The molecule has 3 aliphatic rings. The second-order valence-electron chi connectivity index (χ2n) is 16.6. The first-order valence-corrected chi connectivity index (χ1v) is 20.2. The summed E-state index contributed by atoms with van der Waals surface area (Å²) < 4.78 is 12.4. The second-order valence-corrected chi connectivity index (χ2v) is 16.6. The molecule has 2 aliphatic heterocycles. The highest BCUT2D eigenvalue weighted by molar-refractivity contribution is 6.23. The van der Waals surface area contributed by atoms with Crippen LogP contribution in [0.3, 0.4) is 0 Å². The maximum absolute atomic E-state index is 13.6. The minimum absolute atomic E-state index is 0.178. The monoisotopic (exact) mass is 764 g/mol. The molecule has 8 heteroatoms.